The van der Waals surface area contributed by atoms with Crippen LogP contribution in [0.1, 0.15) is 52.9 Å². The third kappa shape index (κ3) is 3.99. The van der Waals surface area contributed by atoms with Crippen molar-refractivity contribution in [2.45, 2.75) is 95.8 Å². The Morgan fingerprint density at radius 2 is 1.70 bits per heavy atom. The molecule has 0 aromatic carbocycles. The molecule has 5 heteroatoms. The van der Waals surface area contributed by atoms with E-state index in [0.717, 1.165) is 24.5 Å². The lowest BCUT2D eigenvalue weighted by Gasteiger charge is -2.53. The minimum absolute atomic E-state index is 0.0652. The Morgan fingerprint density at radius 1 is 1.22 bits per heavy atom. The molecule has 0 saturated carbocycles. The number of hydrogen-bond donors (Lipinski definition) is 1. The number of ether oxygens (including phenoxy) is 1. The Bertz CT molecular complexity index is 475. The lowest BCUT2D eigenvalue weighted by Crippen LogP contribution is -2.62. The van der Waals surface area contributed by atoms with Gasteiger partial charge in [0.05, 0.1) is 13.7 Å². The Labute approximate surface area is 141 Å². The maximum Gasteiger partial charge on any atom is 0.410 e. The van der Waals surface area contributed by atoms with Gasteiger partial charge in [0, 0.05) is 24.9 Å². The van der Waals surface area contributed by atoms with Gasteiger partial charge < -0.3 is 14.7 Å². The van der Waals surface area contributed by atoms with E-state index < -0.39 is 19.3 Å². The number of piperidine rings is 2. The predicted octanol–water partition coefficient (Wildman–Crippen LogP) is 4.10. The van der Waals surface area contributed by atoms with Crippen molar-refractivity contribution in [2.75, 3.05) is 0 Å². The number of carbonyl (C=O) groups excluding carboxylic acids is 1. The van der Waals surface area contributed by atoms with E-state index in [2.05, 4.69) is 26.2 Å². The molecular weight excluding hydrogens is 306 g/mol. The topological polar surface area (TPSA) is 49.8 Å². The summed E-state index contributed by atoms with van der Waals surface area (Å²) in [5.74, 6) is 0. The zero-order valence-corrected chi connectivity index (χ0v) is 16.6. The molecule has 2 aliphatic rings. The lowest BCUT2D eigenvalue weighted by atomic mass is 9.75. The van der Waals surface area contributed by atoms with Gasteiger partial charge in [0.1, 0.15) is 5.60 Å². The van der Waals surface area contributed by atoms with Crippen LogP contribution in [-0.4, -0.2) is 47.5 Å². The molecule has 0 spiro atoms. The number of aliphatic hydroxyl groups is 1. The molecule has 0 aliphatic carbocycles. The van der Waals surface area contributed by atoms with Crippen molar-refractivity contribution in [3.05, 3.63) is 11.8 Å². The van der Waals surface area contributed by atoms with Crippen LogP contribution in [0.4, 0.5) is 4.79 Å². The molecule has 1 amide bonds. The Balaban J connectivity index is 2.21. The van der Waals surface area contributed by atoms with E-state index in [1.165, 1.54) is 0 Å². The molecule has 2 unspecified atom stereocenters. The van der Waals surface area contributed by atoms with Crippen molar-refractivity contribution in [3.8, 4) is 0 Å². The summed E-state index contributed by atoms with van der Waals surface area (Å²) in [6.45, 7) is 16.6. The number of hydrogen-bond acceptors (Lipinski definition) is 3. The zero-order valence-electron chi connectivity index (χ0n) is 15.6. The molecule has 1 N–H and O–H groups in total. The van der Waals surface area contributed by atoms with Crippen molar-refractivity contribution < 1.29 is 14.6 Å². The highest BCUT2D eigenvalue weighted by Gasteiger charge is 2.51. The van der Waals surface area contributed by atoms with Gasteiger partial charge in [-0.3, -0.25) is 0 Å². The highest BCUT2D eigenvalue weighted by Crippen LogP contribution is 2.44. The number of rotatable bonds is 2. The fraction of sp³-hybridized carbons (Fsp3) is 0.833. The quantitative estimate of drug-likeness (QED) is 0.771. The first-order chi connectivity index (χ1) is 10.3. The van der Waals surface area contributed by atoms with Gasteiger partial charge in [-0.25, -0.2) is 4.79 Å². The molecule has 132 valence electrons. The lowest BCUT2D eigenvalue weighted by molar-refractivity contribution is -0.0733. The van der Waals surface area contributed by atoms with Crippen LogP contribution in [0.3, 0.4) is 0 Å². The number of amides is 1. The van der Waals surface area contributed by atoms with Gasteiger partial charge in [-0.15, -0.1) is 6.58 Å². The van der Waals surface area contributed by atoms with E-state index in [1.54, 1.807) is 0 Å². The molecule has 2 rings (SSSR count). The summed E-state index contributed by atoms with van der Waals surface area (Å²) >= 11 is 0. The Kier molecular flexibility index (Phi) is 4.77. The van der Waals surface area contributed by atoms with E-state index in [9.17, 15) is 9.90 Å². The third-order valence-corrected chi connectivity index (χ3v) is 7.36. The third-order valence-electron chi connectivity index (χ3n) is 5.08. The SMILES string of the molecule is C=C(C1(O)CC2CCCC(C1)N2C(=O)OC(C)(C)C)[Si](C)(C)C. The molecule has 0 aromatic rings. The maximum absolute atomic E-state index is 12.6. The van der Waals surface area contributed by atoms with Gasteiger partial charge in [0.15, 0.2) is 0 Å². The van der Waals surface area contributed by atoms with E-state index in [0.29, 0.717) is 12.8 Å². The predicted molar refractivity (Wildman–Crippen MR) is 96.2 cm³/mol. The molecule has 4 nitrogen and oxygen atoms in total. The first-order valence-electron chi connectivity index (χ1n) is 8.77. The van der Waals surface area contributed by atoms with Gasteiger partial charge in [0.2, 0.25) is 0 Å². The molecule has 2 aliphatic heterocycles. The second kappa shape index (κ2) is 5.92. The maximum atomic E-state index is 12.6. The highest BCUT2D eigenvalue weighted by molar-refractivity contribution is 6.83. The first-order valence-corrected chi connectivity index (χ1v) is 12.3. The van der Waals surface area contributed by atoms with Crippen molar-refractivity contribution in [1.29, 1.82) is 0 Å². The summed E-state index contributed by atoms with van der Waals surface area (Å²) in [4.78, 5) is 14.5. The van der Waals surface area contributed by atoms with Crippen LogP contribution in [0, 0.1) is 0 Å². The summed E-state index contributed by atoms with van der Waals surface area (Å²) in [7, 11) is -1.63. The fourth-order valence-electron chi connectivity index (χ4n) is 3.99. The number of nitrogens with zero attached hydrogens (tertiary/aromatic N) is 1. The molecule has 23 heavy (non-hydrogen) atoms. The standard InChI is InChI=1S/C18H33NO3Si/c1-13(23(5,6)7)18(21)11-14-9-8-10-15(12-18)19(14)16(20)22-17(2,3)4/h14-15,21H,1,8-12H2,2-7H3. The van der Waals surface area contributed by atoms with Crippen LogP contribution >= 0.6 is 0 Å². The van der Waals surface area contributed by atoms with Crippen LogP contribution in [0.15, 0.2) is 11.8 Å². The van der Waals surface area contributed by atoms with Gasteiger partial charge in [-0.1, -0.05) is 24.8 Å². The summed E-state index contributed by atoms with van der Waals surface area (Å²) in [6, 6.07) is 0.130. The molecule has 2 atom stereocenters. The van der Waals surface area contributed by atoms with Crippen LogP contribution < -0.4 is 0 Å². The molecule has 0 radical (unpaired) electrons. The van der Waals surface area contributed by atoms with Gasteiger partial charge in [-0.2, -0.15) is 0 Å². The summed E-state index contributed by atoms with van der Waals surface area (Å²) < 4.78 is 5.60. The smallest absolute Gasteiger partial charge is 0.410 e. The van der Waals surface area contributed by atoms with Gasteiger partial charge in [0.25, 0.3) is 0 Å². The molecule has 0 aromatic heterocycles. The van der Waals surface area contributed by atoms with E-state index in [4.69, 9.17) is 4.74 Å². The molecule has 2 bridgehead atoms. The first kappa shape index (κ1) is 18.5. The minimum atomic E-state index is -1.63. The number of carbonyl (C=O) groups is 1. The second-order valence-corrected chi connectivity index (χ2v) is 14.4. The van der Waals surface area contributed by atoms with E-state index >= 15 is 0 Å². The second-order valence-electron chi connectivity index (χ2n) is 9.29. The minimum Gasteiger partial charge on any atom is -0.444 e. The zero-order chi connectivity index (χ0) is 17.6. The fourth-order valence-corrected chi connectivity index (χ4v) is 5.59. The Morgan fingerprint density at radius 3 is 2.09 bits per heavy atom. The van der Waals surface area contributed by atoms with Crippen molar-refractivity contribution in [1.82, 2.24) is 4.90 Å². The Hall–Kier alpha value is -0.813. The summed E-state index contributed by atoms with van der Waals surface area (Å²) in [6.07, 6.45) is 3.98. The molecule has 2 saturated heterocycles. The van der Waals surface area contributed by atoms with Crippen LogP contribution in [-0.2, 0) is 4.74 Å². The van der Waals surface area contributed by atoms with Crippen LogP contribution in [0.5, 0.6) is 0 Å². The molecule has 2 fully saturated rings. The van der Waals surface area contributed by atoms with Gasteiger partial charge in [-0.05, 0) is 40.0 Å². The van der Waals surface area contributed by atoms with Crippen molar-refractivity contribution in [2.24, 2.45) is 0 Å². The van der Waals surface area contributed by atoms with E-state index in [1.807, 2.05) is 25.7 Å². The summed E-state index contributed by atoms with van der Waals surface area (Å²) in [5, 5.41) is 12.3. The van der Waals surface area contributed by atoms with Crippen LogP contribution in [0.25, 0.3) is 0 Å². The van der Waals surface area contributed by atoms with Crippen molar-refractivity contribution >= 4 is 14.2 Å². The summed E-state index contributed by atoms with van der Waals surface area (Å²) in [5.41, 5.74) is -1.31. The molecule has 2 heterocycles. The van der Waals surface area contributed by atoms with E-state index in [-0.39, 0.29) is 18.2 Å². The van der Waals surface area contributed by atoms with Crippen LogP contribution in [0.2, 0.25) is 19.6 Å². The van der Waals surface area contributed by atoms with Gasteiger partial charge >= 0.3 is 6.09 Å². The van der Waals surface area contributed by atoms with Crippen molar-refractivity contribution in [3.63, 3.8) is 0 Å². The highest BCUT2D eigenvalue weighted by atomic mass is 28.3. The average Bonchev–Trinajstić information content (AvgIpc) is 2.33. The molecular formula is C18H33NO3Si. The monoisotopic (exact) mass is 339 g/mol. The average molecular weight is 340 g/mol. The largest absolute Gasteiger partial charge is 0.444 e. The normalized spacial score (nSPS) is 31.7. The number of fused-ring (bicyclic) bond motifs is 2.